The Morgan fingerprint density at radius 3 is 1.50 bits per heavy atom. The van der Waals surface area contributed by atoms with Crippen LogP contribution in [0, 0.1) is 0 Å². The summed E-state index contributed by atoms with van der Waals surface area (Å²) >= 11 is 14.9. The van der Waals surface area contributed by atoms with E-state index in [0.717, 1.165) is 20.2 Å². The number of thiophene rings is 2. The highest BCUT2D eigenvalue weighted by atomic mass is 35.5. The fraction of sp³-hybridized carbons (Fsp3) is 0.333. The number of carboxylic acids is 1. The van der Waals surface area contributed by atoms with Crippen molar-refractivity contribution in [3.05, 3.63) is 117 Å². The Kier molecular flexibility index (Phi) is 15.1. The van der Waals surface area contributed by atoms with E-state index in [1.165, 1.54) is 40.0 Å². The maximum Gasteiger partial charge on any atom is 0.305 e. The van der Waals surface area contributed by atoms with E-state index in [1.807, 2.05) is 59.3 Å². The number of anilines is 2. The second kappa shape index (κ2) is 20.7. The van der Waals surface area contributed by atoms with Crippen molar-refractivity contribution in [2.45, 2.75) is 70.4 Å². The molecule has 6 aromatic rings. The number of ether oxygens (including phenoxy) is 1. The first kappa shape index (κ1) is 48.0. The minimum Gasteiger partial charge on any atom is -0.481 e. The molecule has 1 N–H and O–H groups in total. The summed E-state index contributed by atoms with van der Waals surface area (Å²) in [5.74, 6) is -2.03. The molecule has 6 heterocycles. The van der Waals surface area contributed by atoms with Gasteiger partial charge in [0, 0.05) is 70.0 Å². The molecule has 14 nitrogen and oxygen atoms in total. The van der Waals surface area contributed by atoms with Crippen LogP contribution in [-0.2, 0) is 23.9 Å². The number of esters is 1. The van der Waals surface area contributed by atoms with Crippen LogP contribution in [0.1, 0.15) is 80.0 Å². The SMILES string of the molecule is CC1(C(=O)N(CCCC(=O)O)c2ccc(Cl)nc2)CCN1C(=O)c1csc2ccccc12.CCOC(=O)CCCN(C(=O)C1(C)CCN1C(=O)c1csc2ccccc12)c1ccc(Cl)nc1. The molecular weight excluding hydrogens is 924 g/mol. The highest BCUT2D eigenvalue weighted by molar-refractivity contribution is 7.18. The van der Waals surface area contributed by atoms with Gasteiger partial charge in [-0.1, -0.05) is 59.6 Å². The minimum atomic E-state index is -1.02. The minimum absolute atomic E-state index is 0.0644. The van der Waals surface area contributed by atoms with Crippen molar-refractivity contribution in [3.8, 4) is 0 Å². The van der Waals surface area contributed by atoms with E-state index in [4.69, 9.17) is 33.0 Å². The molecule has 344 valence electrons. The highest BCUT2D eigenvalue weighted by Gasteiger charge is 2.53. The number of amides is 4. The number of fused-ring (bicyclic) bond motifs is 2. The number of carbonyl (C=O) groups is 6. The number of halogens is 2. The molecule has 8 rings (SSSR count). The molecule has 2 atom stereocenters. The molecule has 4 aromatic heterocycles. The van der Waals surface area contributed by atoms with E-state index in [-0.39, 0.29) is 55.4 Å². The van der Waals surface area contributed by atoms with Crippen molar-refractivity contribution in [1.29, 1.82) is 0 Å². The predicted molar refractivity (Wildman–Crippen MR) is 258 cm³/mol. The van der Waals surface area contributed by atoms with E-state index < -0.39 is 17.0 Å². The zero-order valence-corrected chi connectivity index (χ0v) is 39.7. The number of benzene rings is 2. The summed E-state index contributed by atoms with van der Waals surface area (Å²) in [4.78, 5) is 91.7. The third kappa shape index (κ3) is 10.1. The average Bonchev–Trinajstić information content (AvgIpc) is 3.94. The molecule has 0 bridgehead atoms. The Morgan fingerprint density at radius 1 is 0.682 bits per heavy atom. The van der Waals surface area contributed by atoms with Gasteiger partial charge in [0.05, 0.1) is 41.5 Å². The number of likely N-dealkylation sites (tertiary alicyclic amines) is 2. The van der Waals surface area contributed by atoms with Gasteiger partial charge in [-0.25, -0.2) is 9.97 Å². The van der Waals surface area contributed by atoms with E-state index in [0.29, 0.717) is 78.3 Å². The van der Waals surface area contributed by atoms with Crippen LogP contribution in [0.4, 0.5) is 11.4 Å². The third-order valence-corrected chi connectivity index (χ3v) is 14.4. The molecule has 2 saturated heterocycles. The van der Waals surface area contributed by atoms with Crippen LogP contribution >= 0.6 is 45.9 Å². The van der Waals surface area contributed by atoms with E-state index in [9.17, 15) is 28.8 Å². The molecule has 0 spiro atoms. The second-order valence-electron chi connectivity index (χ2n) is 16.3. The summed E-state index contributed by atoms with van der Waals surface area (Å²) < 4.78 is 7.06. The zero-order valence-electron chi connectivity index (χ0n) is 36.6. The number of aromatic nitrogens is 2. The molecule has 2 unspecified atom stereocenters. The fourth-order valence-electron chi connectivity index (χ4n) is 8.13. The zero-order chi connectivity index (χ0) is 47.2. The standard InChI is InChI=1S/C25H26ClN3O4S.C23H22ClN3O4S/c1-3-33-22(30)9-6-13-28(17-10-11-21(26)27-15-17)24(32)25(2)12-14-29(25)23(31)19-16-34-20-8-5-4-7-18(19)20;1-23(10-12-27(23)21(30)17-14-32-18-6-3-2-5-16(17)18)22(31)26(11-4-7-20(28)29)15-8-9-19(24)25-13-15/h4-5,7-8,10-11,15-16H,3,6,9,12-14H2,1-2H3;2-3,5-6,8-9,13-14H,4,7,10-12H2,1H3,(H,28,29). The molecule has 18 heteroatoms. The highest BCUT2D eigenvalue weighted by Crippen LogP contribution is 2.39. The van der Waals surface area contributed by atoms with Crippen molar-refractivity contribution < 1.29 is 38.6 Å². The van der Waals surface area contributed by atoms with Gasteiger partial charge in [-0.3, -0.25) is 28.8 Å². The Labute approximate surface area is 399 Å². The van der Waals surface area contributed by atoms with Gasteiger partial charge in [-0.15, -0.1) is 22.7 Å². The molecule has 2 fully saturated rings. The van der Waals surface area contributed by atoms with Gasteiger partial charge >= 0.3 is 11.9 Å². The summed E-state index contributed by atoms with van der Waals surface area (Å²) in [6.07, 6.45) is 4.93. The lowest BCUT2D eigenvalue weighted by Crippen LogP contribution is -2.68. The number of nitrogens with zero attached hydrogens (tertiary/aromatic N) is 6. The van der Waals surface area contributed by atoms with Crippen molar-refractivity contribution >= 4 is 113 Å². The first-order chi connectivity index (χ1) is 31.7. The average molecular weight is 972 g/mol. The van der Waals surface area contributed by atoms with Crippen LogP contribution < -0.4 is 9.80 Å². The molecule has 66 heavy (non-hydrogen) atoms. The van der Waals surface area contributed by atoms with Crippen LogP contribution in [-0.4, -0.2) is 104 Å². The number of carbonyl (C=O) groups excluding carboxylic acids is 5. The normalized spacial score (nSPS) is 17.5. The maximum absolute atomic E-state index is 13.8. The summed E-state index contributed by atoms with van der Waals surface area (Å²) in [6.45, 7) is 7.11. The number of rotatable bonds is 15. The molecule has 0 aliphatic carbocycles. The first-order valence-electron chi connectivity index (χ1n) is 21.5. The predicted octanol–water partition coefficient (Wildman–Crippen LogP) is 9.38. The quantitative estimate of drug-likeness (QED) is 0.0773. The molecule has 0 saturated carbocycles. The molecule has 2 aromatic carbocycles. The Balaban J connectivity index is 0.000000197. The van der Waals surface area contributed by atoms with E-state index in [1.54, 1.807) is 59.7 Å². The van der Waals surface area contributed by atoms with Gasteiger partial charge in [0.1, 0.15) is 21.4 Å². The van der Waals surface area contributed by atoms with Crippen LogP contribution in [0.25, 0.3) is 20.2 Å². The lowest BCUT2D eigenvalue weighted by atomic mass is 9.84. The van der Waals surface area contributed by atoms with Gasteiger partial charge in [0.15, 0.2) is 0 Å². The molecule has 2 aliphatic rings. The lowest BCUT2D eigenvalue weighted by molar-refractivity contribution is -0.143. The van der Waals surface area contributed by atoms with Gasteiger partial charge in [-0.05, 0) is 82.9 Å². The van der Waals surface area contributed by atoms with Crippen LogP contribution in [0.5, 0.6) is 0 Å². The number of carboxylic acid groups (broad SMARTS) is 1. The van der Waals surface area contributed by atoms with Gasteiger partial charge in [-0.2, -0.15) is 0 Å². The van der Waals surface area contributed by atoms with Gasteiger partial charge in [0.25, 0.3) is 23.6 Å². The van der Waals surface area contributed by atoms with E-state index in [2.05, 4.69) is 9.97 Å². The van der Waals surface area contributed by atoms with Crippen LogP contribution in [0.15, 0.2) is 96.0 Å². The molecule has 4 amide bonds. The fourth-order valence-corrected chi connectivity index (χ4v) is 10.2. The smallest absolute Gasteiger partial charge is 0.305 e. The summed E-state index contributed by atoms with van der Waals surface area (Å²) in [6, 6.07) is 22.1. The first-order valence-corrected chi connectivity index (χ1v) is 24.0. The lowest BCUT2D eigenvalue weighted by Gasteiger charge is -2.50. The number of aliphatic carboxylic acids is 1. The molecular formula is C48H48Cl2N6O8S2. The van der Waals surface area contributed by atoms with Crippen LogP contribution in [0.2, 0.25) is 10.3 Å². The van der Waals surface area contributed by atoms with Gasteiger partial charge in [0.2, 0.25) is 0 Å². The van der Waals surface area contributed by atoms with Crippen molar-refractivity contribution in [2.75, 3.05) is 42.6 Å². The maximum atomic E-state index is 13.8. The number of hydrogen-bond donors (Lipinski definition) is 1. The second-order valence-corrected chi connectivity index (χ2v) is 18.8. The molecule has 2 aliphatic heterocycles. The largest absolute Gasteiger partial charge is 0.481 e. The Hall–Kier alpha value is -5.94. The number of pyridine rings is 2. The summed E-state index contributed by atoms with van der Waals surface area (Å²) in [5.41, 5.74) is 0.273. The van der Waals surface area contributed by atoms with Crippen molar-refractivity contribution in [1.82, 2.24) is 19.8 Å². The Morgan fingerprint density at radius 2 is 1.12 bits per heavy atom. The summed E-state index contributed by atoms with van der Waals surface area (Å²) in [7, 11) is 0. The monoisotopic (exact) mass is 970 g/mol. The number of hydrogen-bond acceptors (Lipinski definition) is 11. The van der Waals surface area contributed by atoms with Crippen LogP contribution in [0.3, 0.4) is 0 Å². The topological polar surface area (TPSA) is 171 Å². The third-order valence-electron chi connectivity index (χ3n) is 12.0. The molecule has 0 radical (unpaired) electrons. The van der Waals surface area contributed by atoms with Gasteiger partial charge < -0.3 is 29.4 Å². The van der Waals surface area contributed by atoms with Crippen molar-refractivity contribution in [2.24, 2.45) is 0 Å². The summed E-state index contributed by atoms with van der Waals surface area (Å²) in [5, 5.41) is 15.1. The van der Waals surface area contributed by atoms with E-state index >= 15 is 0 Å². The Bertz CT molecular complexity index is 2770. The van der Waals surface area contributed by atoms with Crippen molar-refractivity contribution in [3.63, 3.8) is 0 Å².